The van der Waals surface area contributed by atoms with Crippen LogP contribution >= 0.6 is 12.4 Å². The highest BCUT2D eigenvalue weighted by Crippen LogP contribution is 2.30. The number of nitrogens with zero attached hydrogens (tertiary/aromatic N) is 1. The fourth-order valence-corrected chi connectivity index (χ4v) is 2.26. The highest BCUT2D eigenvalue weighted by Gasteiger charge is 2.23. The van der Waals surface area contributed by atoms with Crippen molar-refractivity contribution in [2.24, 2.45) is 0 Å². The first-order valence-corrected chi connectivity index (χ1v) is 5.21. The van der Waals surface area contributed by atoms with E-state index < -0.39 is 0 Å². The maximum absolute atomic E-state index is 2.56. The van der Waals surface area contributed by atoms with Crippen LogP contribution < -0.4 is 0 Å². The molecule has 0 spiro atoms. The molecule has 1 saturated heterocycles. The smallest absolute Gasteiger partial charge is 0.0348 e. The molecule has 2 heteroatoms. The van der Waals surface area contributed by atoms with Crippen molar-refractivity contribution in [2.75, 3.05) is 13.1 Å². The number of hydrogen-bond donors (Lipinski definition) is 0. The van der Waals surface area contributed by atoms with Crippen molar-refractivity contribution in [3.8, 4) is 0 Å². The maximum atomic E-state index is 2.56. The van der Waals surface area contributed by atoms with Crippen LogP contribution in [-0.4, -0.2) is 18.0 Å². The van der Waals surface area contributed by atoms with E-state index in [0.717, 1.165) is 0 Å². The fraction of sp³-hybridized carbons (Fsp3) is 0.500. The molecule has 0 saturated carbocycles. The predicted octanol–water partition coefficient (Wildman–Crippen LogP) is 3.27. The molecule has 1 aliphatic rings. The molecule has 0 amide bonds. The molecule has 0 bridgehead atoms. The predicted molar refractivity (Wildman–Crippen MR) is 62.9 cm³/mol. The molecule has 1 aromatic carbocycles. The van der Waals surface area contributed by atoms with Gasteiger partial charge in [-0.15, -0.1) is 12.4 Å². The SMILES string of the molecule is CCN1CCCC1c1ccccc1.Cl. The Balaban J connectivity index is 0.000000980. The first kappa shape index (κ1) is 11.5. The Labute approximate surface area is 92.5 Å². The van der Waals surface area contributed by atoms with Crippen molar-refractivity contribution in [1.82, 2.24) is 4.90 Å². The molecule has 0 radical (unpaired) electrons. The van der Waals surface area contributed by atoms with Gasteiger partial charge in [-0.25, -0.2) is 0 Å². The minimum Gasteiger partial charge on any atom is -0.297 e. The molecule has 1 aliphatic heterocycles. The number of benzene rings is 1. The summed E-state index contributed by atoms with van der Waals surface area (Å²) >= 11 is 0. The van der Waals surface area contributed by atoms with Gasteiger partial charge in [-0.1, -0.05) is 37.3 Å². The van der Waals surface area contributed by atoms with Crippen LogP contribution in [0.25, 0.3) is 0 Å². The van der Waals surface area contributed by atoms with Gasteiger partial charge in [-0.2, -0.15) is 0 Å². The Hall–Kier alpha value is -0.530. The lowest BCUT2D eigenvalue weighted by Crippen LogP contribution is -2.22. The average molecular weight is 212 g/mol. The van der Waals surface area contributed by atoms with Gasteiger partial charge in [0.25, 0.3) is 0 Å². The van der Waals surface area contributed by atoms with E-state index in [1.54, 1.807) is 0 Å². The van der Waals surface area contributed by atoms with Crippen molar-refractivity contribution >= 4 is 12.4 Å². The quantitative estimate of drug-likeness (QED) is 0.726. The second kappa shape index (κ2) is 5.38. The molecule has 1 fully saturated rings. The zero-order valence-corrected chi connectivity index (χ0v) is 9.46. The highest BCUT2D eigenvalue weighted by molar-refractivity contribution is 5.85. The Morgan fingerprint density at radius 1 is 1.29 bits per heavy atom. The van der Waals surface area contributed by atoms with Crippen LogP contribution in [0.3, 0.4) is 0 Å². The lowest BCUT2D eigenvalue weighted by molar-refractivity contribution is 0.271. The second-order valence-corrected chi connectivity index (χ2v) is 3.70. The van der Waals surface area contributed by atoms with Gasteiger partial charge in [-0.05, 0) is 31.5 Å². The standard InChI is InChI=1S/C12H17N.ClH/c1-2-13-10-6-9-12(13)11-7-4-3-5-8-11;/h3-5,7-8,12H,2,6,9-10H2,1H3;1H. The van der Waals surface area contributed by atoms with E-state index in [2.05, 4.69) is 42.2 Å². The van der Waals surface area contributed by atoms with Crippen molar-refractivity contribution < 1.29 is 0 Å². The third-order valence-corrected chi connectivity index (χ3v) is 2.95. The van der Waals surface area contributed by atoms with Gasteiger partial charge >= 0.3 is 0 Å². The maximum Gasteiger partial charge on any atom is 0.0348 e. The van der Waals surface area contributed by atoms with E-state index in [-0.39, 0.29) is 12.4 Å². The number of hydrogen-bond acceptors (Lipinski definition) is 1. The summed E-state index contributed by atoms with van der Waals surface area (Å²) in [5.41, 5.74) is 1.49. The minimum absolute atomic E-state index is 0. The van der Waals surface area contributed by atoms with Gasteiger partial charge in [-0.3, -0.25) is 4.90 Å². The summed E-state index contributed by atoms with van der Waals surface area (Å²) in [6, 6.07) is 11.6. The van der Waals surface area contributed by atoms with Crippen LogP contribution in [0.1, 0.15) is 31.4 Å². The molecule has 0 N–H and O–H groups in total. The first-order chi connectivity index (χ1) is 6.42. The minimum atomic E-state index is 0. The van der Waals surface area contributed by atoms with Crippen LogP contribution in [0.5, 0.6) is 0 Å². The molecule has 1 nitrogen and oxygen atoms in total. The third-order valence-electron chi connectivity index (χ3n) is 2.95. The fourth-order valence-electron chi connectivity index (χ4n) is 2.26. The lowest BCUT2D eigenvalue weighted by Gasteiger charge is -2.22. The van der Waals surface area contributed by atoms with E-state index >= 15 is 0 Å². The van der Waals surface area contributed by atoms with Crippen LogP contribution in [0, 0.1) is 0 Å². The zero-order valence-electron chi connectivity index (χ0n) is 8.65. The number of halogens is 1. The number of likely N-dealkylation sites (tertiary alicyclic amines) is 1. The summed E-state index contributed by atoms with van der Waals surface area (Å²) in [6.45, 7) is 4.71. The number of rotatable bonds is 2. The Kier molecular flexibility index (Phi) is 4.43. The van der Waals surface area contributed by atoms with Crippen LogP contribution in [0.2, 0.25) is 0 Å². The average Bonchev–Trinajstić information content (AvgIpc) is 2.67. The zero-order chi connectivity index (χ0) is 9.10. The van der Waals surface area contributed by atoms with E-state index in [4.69, 9.17) is 0 Å². The van der Waals surface area contributed by atoms with Crippen LogP contribution in [0.4, 0.5) is 0 Å². The van der Waals surface area contributed by atoms with Crippen molar-refractivity contribution in [3.63, 3.8) is 0 Å². The van der Waals surface area contributed by atoms with Gasteiger partial charge < -0.3 is 0 Å². The molecule has 0 aromatic heterocycles. The third kappa shape index (κ3) is 2.28. The summed E-state index contributed by atoms with van der Waals surface area (Å²) < 4.78 is 0. The molecule has 1 aromatic rings. The van der Waals surface area contributed by atoms with Crippen molar-refractivity contribution in [2.45, 2.75) is 25.8 Å². The highest BCUT2D eigenvalue weighted by atomic mass is 35.5. The van der Waals surface area contributed by atoms with E-state index in [1.165, 1.54) is 31.5 Å². The van der Waals surface area contributed by atoms with Gasteiger partial charge in [0.1, 0.15) is 0 Å². The Morgan fingerprint density at radius 3 is 2.64 bits per heavy atom. The van der Waals surface area contributed by atoms with Crippen LogP contribution in [-0.2, 0) is 0 Å². The molecule has 1 unspecified atom stereocenters. The molecule has 0 aliphatic carbocycles. The molecule has 1 heterocycles. The molecular formula is C12H18ClN. The van der Waals surface area contributed by atoms with Crippen LogP contribution in [0.15, 0.2) is 30.3 Å². The van der Waals surface area contributed by atoms with E-state index in [1.807, 2.05) is 0 Å². The Bertz CT molecular complexity index is 260. The molecule has 1 atom stereocenters. The molecule has 78 valence electrons. The topological polar surface area (TPSA) is 3.24 Å². The largest absolute Gasteiger partial charge is 0.297 e. The van der Waals surface area contributed by atoms with Crippen molar-refractivity contribution in [1.29, 1.82) is 0 Å². The van der Waals surface area contributed by atoms with Gasteiger partial charge in [0.2, 0.25) is 0 Å². The summed E-state index contributed by atoms with van der Waals surface area (Å²) in [6.07, 6.45) is 2.69. The first-order valence-electron chi connectivity index (χ1n) is 5.21. The summed E-state index contributed by atoms with van der Waals surface area (Å²) in [7, 11) is 0. The van der Waals surface area contributed by atoms with Gasteiger partial charge in [0.15, 0.2) is 0 Å². The molecule has 14 heavy (non-hydrogen) atoms. The normalized spacial score (nSPS) is 21.9. The molecular weight excluding hydrogens is 194 g/mol. The summed E-state index contributed by atoms with van der Waals surface area (Å²) in [5.74, 6) is 0. The Morgan fingerprint density at radius 2 is 2.00 bits per heavy atom. The second-order valence-electron chi connectivity index (χ2n) is 3.70. The van der Waals surface area contributed by atoms with E-state index in [0.29, 0.717) is 6.04 Å². The monoisotopic (exact) mass is 211 g/mol. The molecule has 2 rings (SSSR count). The van der Waals surface area contributed by atoms with Gasteiger partial charge in [0.05, 0.1) is 0 Å². The summed E-state index contributed by atoms with van der Waals surface area (Å²) in [5, 5.41) is 0. The van der Waals surface area contributed by atoms with E-state index in [9.17, 15) is 0 Å². The van der Waals surface area contributed by atoms with Gasteiger partial charge in [0, 0.05) is 6.04 Å². The summed E-state index contributed by atoms with van der Waals surface area (Å²) in [4.78, 5) is 2.56. The van der Waals surface area contributed by atoms with Crippen molar-refractivity contribution in [3.05, 3.63) is 35.9 Å². The lowest BCUT2D eigenvalue weighted by atomic mass is 10.1.